The number of nitrogens with zero attached hydrogens (tertiary/aromatic N) is 1. The second-order valence-corrected chi connectivity index (χ2v) is 5.80. The van der Waals surface area contributed by atoms with Crippen LogP contribution in [0.4, 0.5) is 5.69 Å². The molecule has 2 aromatic carbocycles. The fraction of sp³-hybridized carbons (Fsp3) is 0.0667. The summed E-state index contributed by atoms with van der Waals surface area (Å²) in [6.07, 6.45) is 0. The Labute approximate surface area is 136 Å². The van der Waals surface area contributed by atoms with Crippen LogP contribution < -0.4 is 10.6 Å². The largest absolute Gasteiger partial charge is 0.507 e. The number of phenolic OH excluding ortho intramolecular Hbond substituents is 1. The highest BCUT2D eigenvalue weighted by Crippen LogP contribution is 2.25. The van der Waals surface area contributed by atoms with Crippen LogP contribution in [-0.2, 0) is 0 Å². The van der Waals surface area contributed by atoms with Crippen molar-refractivity contribution in [3.8, 4) is 5.75 Å². The average molecular weight is 365 g/mol. The zero-order chi connectivity index (χ0) is 15.6. The quantitative estimate of drug-likeness (QED) is 0.821. The van der Waals surface area contributed by atoms with Crippen LogP contribution in [0.1, 0.15) is 15.9 Å². The first-order chi connectivity index (χ1) is 9.90. The number of rotatable bonds is 3. The van der Waals surface area contributed by atoms with Gasteiger partial charge >= 0.3 is 0 Å². The zero-order valence-electron chi connectivity index (χ0n) is 11.2. The smallest absolute Gasteiger partial charge is 0.261 e. The number of hydrogen-bond donors (Lipinski definition) is 2. The Hall–Kier alpha value is -1.92. The van der Waals surface area contributed by atoms with E-state index in [1.54, 1.807) is 43.4 Å². The van der Waals surface area contributed by atoms with E-state index in [4.69, 9.17) is 18.0 Å². The maximum absolute atomic E-state index is 12.4. The van der Waals surface area contributed by atoms with Crippen LogP contribution in [-0.4, -0.2) is 23.0 Å². The first-order valence-corrected chi connectivity index (χ1v) is 7.26. The molecule has 0 atom stereocenters. The van der Waals surface area contributed by atoms with E-state index in [0.717, 1.165) is 0 Å². The number of anilines is 1. The van der Waals surface area contributed by atoms with Crippen LogP contribution in [0.5, 0.6) is 5.75 Å². The number of nitrogens with two attached hydrogens (primary N) is 1. The second-order valence-electron chi connectivity index (χ2n) is 4.44. The predicted molar refractivity (Wildman–Crippen MR) is 90.9 cm³/mol. The van der Waals surface area contributed by atoms with Crippen LogP contribution in [0.2, 0.25) is 0 Å². The van der Waals surface area contributed by atoms with Gasteiger partial charge in [0.15, 0.2) is 0 Å². The van der Waals surface area contributed by atoms with Crippen LogP contribution in [0, 0.1) is 0 Å². The lowest BCUT2D eigenvalue weighted by Gasteiger charge is -2.18. The Morgan fingerprint density at radius 3 is 2.62 bits per heavy atom. The highest BCUT2D eigenvalue weighted by Gasteiger charge is 2.17. The minimum absolute atomic E-state index is 0.0771. The molecule has 0 saturated carbocycles. The van der Waals surface area contributed by atoms with Crippen molar-refractivity contribution >= 4 is 44.7 Å². The van der Waals surface area contributed by atoms with Gasteiger partial charge in [-0.1, -0.05) is 40.3 Å². The van der Waals surface area contributed by atoms with E-state index in [2.05, 4.69) is 15.9 Å². The van der Waals surface area contributed by atoms with Gasteiger partial charge in [0.1, 0.15) is 10.7 Å². The number of hydrogen-bond acceptors (Lipinski definition) is 3. The van der Waals surface area contributed by atoms with Gasteiger partial charge in [-0.05, 0) is 30.3 Å². The van der Waals surface area contributed by atoms with Gasteiger partial charge in [0.2, 0.25) is 0 Å². The average Bonchev–Trinajstić information content (AvgIpc) is 2.46. The van der Waals surface area contributed by atoms with Gasteiger partial charge in [-0.3, -0.25) is 4.79 Å². The standard InChI is InChI=1S/C15H13BrN2O2S/c1-18(11-4-2-3-9(7-11)14(17)21)15(20)12-6-5-10(16)8-13(12)19/h2-8,19H,1H3,(H2,17,21). The summed E-state index contributed by atoms with van der Waals surface area (Å²) >= 11 is 8.17. The van der Waals surface area contributed by atoms with Gasteiger partial charge in [0.25, 0.3) is 5.91 Å². The molecule has 0 spiro atoms. The summed E-state index contributed by atoms with van der Waals surface area (Å²) in [5.74, 6) is -0.396. The molecule has 21 heavy (non-hydrogen) atoms. The molecule has 0 unspecified atom stereocenters. The van der Waals surface area contributed by atoms with Crippen molar-refractivity contribution in [3.63, 3.8) is 0 Å². The fourth-order valence-electron chi connectivity index (χ4n) is 1.85. The molecule has 1 amide bonds. The van der Waals surface area contributed by atoms with E-state index in [1.807, 2.05) is 0 Å². The van der Waals surface area contributed by atoms with Crippen LogP contribution >= 0.6 is 28.1 Å². The number of aromatic hydroxyl groups is 1. The molecule has 0 aromatic heterocycles. The molecule has 0 aliphatic heterocycles. The van der Waals surface area contributed by atoms with Crippen LogP contribution in [0.25, 0.3) is 0 Å². The maximum Gasteiger partial charge on any atom is 0.261 e. The van der Waals surface area contributed by atoms with Crippen molar-refractivity contribution in [2.45, 2.75) is 0 Å². The summed E-state index contributed by atoms with van der Waals surface area (Å²) < 4.78 is 0.703. The molecule has 0 bridgehead atoms. The molecule has 0 aliphatic carbocycles. The minimum Gasteiger partial charge on any atom is -0.507 e. The SMILES string of the molecule is CN(C(=O)c1ccc(Br)cc1O)c1cccc(C(N)=S)c1. The zero-order valence-corrected chi connectivity index (χ0v) is 13.6. The summed E-state index contributed by atoms with van der Waals surface area (Å²) in [6, 6.07) is 11.8. The summed E-state index contributed by atoms with van der Waals surface area (Å²) in [6.45, 7) is 0. The third kappa shape index (κ3) is 3.40. The molecular formula is C15H13BrN2O2S. The van der Waals surface area contributed by atoms with Gasteiger partial charge < -0.3 is 15.7 Å². The Balaban J connectivity index is 2.35. The van der Waals surface area contributed by atoms with Crippen molar-refractivity contribution in [3.05, 3.63) is 58.1 Å². The highest BCUT2D eigenvalue weighted by atomic mass is 79.9. The van der Waals surface area contributed by atoms with Crippen LogP contribution in [0.3, 0.4) is 0 Å². The third-order valence-electron chi connectivity index (χ3n) is 3.01. The number of phenols is 1. The van der Waals surface area contributed by atoms with Crippen LogP contribution in [0.15, 0.2) is 46.9 Å². The third-order valence-corrected chi connectivity index (χ3v) is 3.74. The van der Waals surface area contributed by atoms with E-state index in [1.165, 1.54) is 11.0 Å². The van der Waals surface area contributed by atoms with E-state index >= 15 is 0 Å². The van der Waals surface area contributed by atoms with E-state index in [-0.39, 0.29) is 22.2 Å². The maximum atomic E-state index is 12.4. The summed E-state index contributed by atoms with van der Waals surface area (Å²) in [5, 5.41) is 9.88. The first kappa shape index (κ1) is 15.5. The number of carbonyl (C=O) groups excluding carboxylic acids is 1. The van der Waals surface area contributed by atoms with Crippen molar-refractivity contribution in [1.29, 1.82) is 0 Å². The summed E-state index contributed by atoms with van der Waals surface area (Å²) in [7, 11) is 1.63. The molecule has 0 heterocycles. The molecule has 0 aliphatic rings. The molecule has 2 aromatic rings. The normalized spacial score (nSPS) is 10.2. The Morgan fingerprint density at radius 2 is 2.00 bits per heavy atom. The van der Waals surface area contributed by atoms with Crippen molar-refractivity contribution in [2.75, 3.05) is 11.9 Å². The van der Waals surface area contributed by atoms with E-state index in [0.29, 0.717) is 15.7 Å². The predicted octanol–water partition coefficient (Wildman–Crippen LogP) is 3.07. The van der Waals surface area contributed by atoms with Gasteiger partial charge in [0, 0.05) is 22.8 Å². The lowest BCUT2D eigenvalue weighted by Crippen LogP contribution is -2.26. The van der Waals surface area contributed by atoms with E-state index < -0.39 is 0 Å². The molecule has 2 rings (SSSR count). The lowest BCUT2D eigenvalue weighted by atomic mass is 10.1. The number of carbonyl (C=O) groups is 1. The monoisotopic (exact) mass is 364 g/mol. The first-order valence-electron chi connectivity index (χ1n) is 6.06. The van der Waals surface area contributed by atoms with Gasteiger partial charge in [-0.25, -0.2) is 0 Å². The Kier molecular flexibility index (Phi) is 4.59. The highest BCUT2D eigenvalue weighted by molar-refractivity contribution is 9.10. The summed E-state index contributed by atoms with van der Waals surface area (Å²) in [4.78, 5) is 14.1. The number of amides is 1. The topological polar surface area (TPSA) is 66.6 Å². The molecular weight excluding hydrogens is 352 g/mol. The van der Waals surface area contributed by atoms with E-state index in [9.17, 15) is 9.90 Å². The number of thiocarbonyl (C=S) groups is 1. The lowest BCUT2D eigenvalue weighted by molar-refractivity contribution is 0.0990. The molecule has 4 nitrogen and oxygen atoms in total. The van der Waals surface area contributed by atoms with Crippen molar-refractivity contribution in [1.82, 2.24) is 0 Å². The number of benzene rings is 2. The fourth-order valence-corrected chi connectivity index (χ4v) is 2.33. The van der Waals surface area contributed by atoms with Gasteiger partial charge in [0.05, 0.1) is 5.56 Å². The Bertz CT molecular complexity index is 719. The van der Waals surface area contributed by atoms with Crippen molar-refractivity contribution < 1.29 is 9.90 Å². The summed E-state index contributed by atoms with van der Waals surface area (Å²) in [5.41, 5.74) is 7.15. The molecule has 6 heteroatoms. The molecule has 0 saturated heterocycles. The minimum atomic E-state index is -0.319. The second kappa shape index (κ2) is 6.24. The molecule has 3 N–H and O–H groups in total. The molecule has 108 valence electrons. The molecule has 0 fully saturated rings. The van der Waals surface area contributed by atoms with Crippen molar-refractivity contribution in [2.24, 2.45) is 5.73 Å². The number of halogens is 1. The molecule has 0 radical (unpaired) electrons. The van der Waals surface area contributed by atoms with Gasteiger partial charge in [-0.15, -0.1) is 0 Å². The Morgan fingerprint density at radius 1 is 1.29 bits per heavy atom. The van der Waals surface area contributed by atoms with Gasteiger partial charge in [-0.2, -0.15) is 0 Å².